The van der Waals surface area contributed by atoms with Gasteiger partial charge in [0.1, 0.15) is 33.0 Å². The number of thiophene rings is 4. The van der Waals surface area contributed by atoms with Gasteiger partial charge in [0.25, 0.3) is 0 Å². The molecule has 6 nitrogen and oxygen atoms in total. The van der Waals surface area contributed by atoms with Crippen LogP contribution in [0.15, 0.2) is 121 Å². The summed E-state index contributed by atoms with van der Waals surface area (Å²) in [4.78, 5) is 4.65. The Morgan fingerprint density at radius 3 is 1.19 bits per heavy atom. The van der Waals surface area contributed by atoms with Gasteiger partial charge in [-0.3, -0.25) is 0 Å². The van der Waals surface area contributed by atoms with Crippen molar-refractivity contribution in [3.05, 3.63) is 121 Å². The molecule has 9 rings (SSSR count). The summed E-state index contributed by atoms with van der Waals surface area (Å²) in [5, 5.41) is 8.35. The number of rotatable bonds is 10. The second-order valence-electron chi connectivity index (χ2n) is 12.0. The number of fused-ring (bicyclic) bond motifs is 8. The lowest BCUT2D eigenvalue weighted by atomic mass is 10.1. The summed E-state index contributed by atoms with van der Waals surface area (Å²) in [7, 11) is 6.80. The number of methoxy groups -OCH3 is 4. The Labute approximate surface area is 316 Å². The number of ether oxygens (including phenoxy) is 4. The average Bonchev–Trinajstić information content (AvgIpc) is 4.00. The predicted molar refractivity (Wildman–Crippen MR) is 224 cm³/mol. The van der Waals surface area contributed by atoms with Crippen molar-refractivity contribution in [2.75, 3.05) is 38.2 Å². The van der Waals surface area contributed by atoms with Crippen molar-refractivity contribution in [3.63, 3.8) is 0 Å². The van der Waals surface area contributed by atoms with Crippen LogP contribution in [0.25, 0.3) is 39.7 Å². The minimum Gasteiger partial charge on any atom is -0.497 e. The maximum Gasteiger partial charge on any atom is 0.119 e. The Morgan fingerprint density at radius 1 is 0.404 bits per heavy atom. The van der Waals surface area contributed by atoms with E-state index in [0.717, 1.165) is 55.7 Å². The lowest BCUT2D eigenvalue weighted by Gasteiger charge is -2.24. The van der Waals surface area contributed by atoms with Crippen molar-refractivity contribution in [2.45, 2.75) is 0 Å². The van der Waals surface area contributed by atoms with Crippen LogP contribution in [0.1, 0.15) is 0 Å². The average molecular weight is 757 g/mol. The topological polar surface area (TPSA) is 43.4 Å². The minimum atomic E-state index is 0.820. The lowest BCUT2D eigenvalue weighted by molar-refractivity contribution is 0.414. The van der Waals surface area contributed by atoms with Crippen LogP contribution in [0.4, 0.5) is 32.8 Å². The smallest absolute Gasteiger partial charge is 0.119 e. The van der Waals surface area contributed by atoms with Crippen LogP contribution < -0.4 is 28.7 Å². The van der Waals surface area contributed by atoms with E-state index in [4.69, 9.17) is 18.9 Å². The van der Waals surface area contributed by atoms with Crippen LogP contribution in [-0.2, 0) is 0 Å². The fraction of sp³-hybridized carbons (Fsp3) is 0.0952. The molecule has 0 fully saturated rings. The summed E-state index contributed by atoms with van der Waals surface area (Å²) in [6.07, 6.45) is 0. The van der Waals surface area contributed by atoms with Crippen LogP contribution >= 0.6 is 45.3 Å². The maximum absolute atomic E-state index is 5.52. The molecule has 0 amide bonds. The summed E-state index contributed by atoms with van der Waals surface area (Å²) in [5.74, 6) is 3.28. The molecule has 9 aromatic rings. The highest BCUT2D eigenvalue weighted by Crippen LogP contribution is 2.55. The van der Waals surface area contributed by atoms with E-state index >= 15 is 0 Å². The van der Waals surface area contributed by atoms with Crippen molar-refractivity contribution in [1.29, 1.82) is 0 Å². The molecule has 0 aliphatic carbocycles. The molecule has 0 N–H and O–H groups in total. The van der Waals surface area contributed by atoms with Crippen molar-refractivity contribution in [3.8, 4) is 23.0 Å². The third-order valence-corrected chi connectivity index (χ3v) is 13.9. The van der Waals surface area contributed by atoms with E-state index < -0.39 is 0 Å². The van der Waals surface area contributed by atoms with E-state index in [2.05, 4.69) is 81.9 Å². The highest BCUT2D eigenvalue weighted by molar-refractivity contribution is 7.35. The summed E-state index contributed by atoms with van der Waals surface area (Å²) < 4.78 is 28.6. The van der Waals surface area contributed by atoms with E-state index in [9.17, 15) is 0 Å². The van der Waals surface area contributed by atoms with E-state index in [-0.39, 0.29) is 0 Å². The van der Waals surface area contributed by atoms with Crippen LogP contribution in [-0.4, -0.2) is 28.4 Å². The molecule has 4 aromatic heterocycles. The molecule has 0 radical (unpaired) electrons. The Hall–Kier alpha value is -5.26. The van der Waals surface area contributed by atoms with Gasteiger partial charge in [-0.25, -0.2) is 0 Å². The summed E-state index contributed by atoms with van der Waals surface area (Å²) in [6, 6.07) is 40.1. The zero-order valence-electron chi connectivity index (χ0n) is 28.7. The third kappa shape index (κ3) is 5.50. The number of anilines is 6. The number of hydrogen-bond acceptors (Lipinski definition) is 10. The highest BCUT2D eigenvalue weighted by atomic mass is 32.1. The van der Waals surface area contributed by atoms with Gasteiger partial charge in [-0.2, -0.15) is 0 Å². The molecule has 52 heavy (non-hydrogen) atoms. The molecule has 0 spiro atoms. The summed E-state index contributed by atoms with van der Waals surface area (Å²) >= 11 is 7.37. The first kappa shape index (κ1) is 32.6. The quantitative estimate of drug-likeness (QED) is 0.138. The fourth-order valence-corrected chi connectivity index (χ4v) is 11.7. The molecule has 0 aliphatic rings. The SMILES string of the molecule is COc1ccc(N(c2ccc(OC)cc2)c2cc3c(s2)c2sc(N(c4ccc(OC)cc4)c4ccc(OC)cc4)cc2c2c4sccc4sc32)cc1. The van der Waals surface area contributed by atoms with Crippen LogP contribution in [0.2, 0.25) is 0 Å². The van der Waals surface area contributed by atoms with E-state index in [1.807, 2.05) is 93.9 Å². The maximum atomic E-state index is 5.52. The molecule has 4 heterocycles. The molecule has 0 aliphatic heterocycles. The van der Waals surface area contributed by atoms with Crippen molar-refractivity contribution in [1.82, 2.24) is 0 Å². The molecular weight excluding hydrogens is 725 g/mol. The van der Waals surface area contributed by atoms with Gasteiger partial charge in [0.15, 0.2) is 0 Å². The Bertz CT molecular complexity index is 2580. The minimum absolute atomic E-state index is 0.820. The Kier molecular flexibility index (Phi) is 8.39. The summed E-state index contributed by atoms with van der Waals surface area (Å²) in [5.41, 5.74) is 4.20. The van der Waals surface area contributed by atoms with Crippen molar-refractivity contribution in [2.24, 2.45) is 0 Å². The molecule has 0 saturated carbocycles. The lowest BCUT2D eigenvalue weighted by Crippen LogP contribution is -2.08. The summed E-state index contributed by atoms with van der Waals surface area (Å²) in [6.45, 7) is 0. The molecule has 0 unspecified atom stereocenters. The molecule has 0 bridgehead atoms. The van der Waals surface area contributed by atoms with Gasteiger partial charge in [-0.1, -0.05) is 0 Å². The molecule has 0 saturated heterocycles. The van der Waals surface area contributed by atoms with Crippen LogP contribution in [0.5, 0.6) is 23.0 Å². The Balaban J connectivity index is 1.29. The van der Waals surface area contributed by atoms with E-state index in [1.165, 1.54) is 39.7 Å². The number of hydrogen-bond donors (Lipinski definition) is 0. The molecule has 5 aromatic carbocycles. The van der Waals surface area contributed by atoms with Gasteiger partial charge in [0, 0.05) is 48.3 Å². The van der Waals surface area contributed by atoms with Gasteiger partial charge < -0.3 is 28.7 Å². The Morgan fingerprint density at radius 2 is 0.788 bits per heavy atom. The normalized spacial score (nSPS) is 11.5. The molecule has 0 atom stereocenters. The van der Waals surface area contributed by atoms with Gasteiger partial charge in [-0.05, 0) is 121 Å². The second-order valence-corrected chi connectivity index (χ2v) is 16.1. The van der Waals surface area contributed by atoms with Gasteiger partial charge >= 0.3 is 0 Å². The first-order valence-electron chi connectivity index (χ1n) is 16.5. The zero-order valence-corrected chi connectivity index (χ0v) is 32.0. The number of benzene rings is 5. The zero-order chi connectivity index (χ0) is 35.3. The number of nitrogens with zero attached hydrogens (tertiary/aromatic N) is 2. The van der Waals surface area contributed by atoms with Crippen LogP contribution in [0, 0.1) is 0 Å². The van der Waals surface area contributed by atoms with Crippen molar-refractivity contribution >= 4 is 118 Å². The highest BCUT2D eigenvalue weighted by Gasteiger charge is 2.25. The van der Waals surface area contributed by atoms with Crippen LogP contribution in [0.3, 0.4) is 0 Å². The monoisotopic (exact) mass is 756 g/mol. The standard InChI is InChI=1S/C42H32N2O4S4/c1-45-29-13-5-25(6-14-29)43(26-7-15-30(46-2)16-8-26)36-23-33-38-39(50-35-21-22-49-42(35)38)34-24-37(52-41(34)40(33)51-36)44(27-9-17-31(47-3)18-10-27)28-11-19-32(48-4)20-12-28/h5-24H,1-4H3. The first-order chi connectivity index (χ1) is 25.6. The van der Waals surface area contributed by atoms with Gasteiger partial charge in [-0.15, -0.1) is 45.3 Å². The predicted octanol–water partition coefficient (Wildman–Crippen LogP) is 13.5. The van der Waals surface area contributed by atoms with E-state index in [1.54, 1.807) is 28.4 Å². The van der Waals surface area contributed by atoms with Gasteiger partial charge in [0.05, 0.1) is 42.5 Å². The molecular formula is C42H32N2O4S4. The molecule has 258 valence electrons. The van der Waals surface area contributed by atoms with Crippen molar-refractivity contribution < 1.29 is 18.9 Å². The van der Waals surface area contributed by atoms with Gasteiger partial charge in [0.2, 0.25) is 0 Å². The fourth-order valence-electron chi connectivity index (χ4n) is 6.66. The second kappa shape index (κ2) is 13.4. The third-order valence-electron chi connectivity index (χ3n) is 9.22. The molecule has 10 heteroatoms. The van der Waals surface area contributed by atoms with E-state index in [0.29, 0.717) is 0 Å². The largest absolute Gasteiger partial charge is 0.497 e. The first-order valence-corrected chi connectivity index (χ1v) is 19.8.